The molecule has 3 rings (SSSR count). The first kappa shape index (κ1) is 23.6. The number of unbranched alkanes of at least 4 members (excludes halogenated alkanes) is 1. The van der Waals surface area contributed by atoms with Crippen molar-refractivity contribution in [3.8, 4) is 34.4 Å². The van der Waals surface area contributed by atoms with Gasteiger partial charge in [-0.25, -0.2) is 8.78 Å². The molecule has 0 atom stereocenters. The molecule has 0 saturated carbocycles. The molecule has 0 aliphatic heterocycles. The Labute approximate surface area is 192 Å². The Hall–Kier alpha value is -3.10. The Kier molecular flexibility index (Phi) is 8.08. The standard InChI is InChI=1S/C26H24ClF2NO2/c1-3-5-11-19-22(32-18-9-7-6-8-10-18)15-20(28)25(27)24(19)23-17(16-30)12-13-21(26(23)29)31-14-4-2/h6-10,12-13,15H,3-5,11,14H2,1-2H3. The number of ether oxygens (including phenoxy) is 2. The summed E-state index contributed by atoms with van der Waals surface area (Å²) in [7, 11) is 0. The minimum Gasteiger partial charge on any atom is -0.491 e. The van der Waals surface area contributed by atoms with Crippen molar-refractivity contribution >= 4 is 11.6 Å². The highest BCUT2D eigenvalue weighted by Crippen LogP contribution is 2.44. The van der Waals surface area contributed by atoms with Crippen LogP contribution in [0.15, 0.2) is 48.5 Å². The molecule has 0 aliphatic carbocycles. The summed E-state index contributed by atoms with van der Waals surface area (Å²) in [5.74, 6) is -0.749. The van der Waals surface area contributed by atoms with Crippen molar-refractivity contribution in [3.63, 3.8) is 0 Å². The van der Waals surface area contributed by atoms with Crippen LogP contribution in [0.4, 0.5) is 8.78 Å². The Bertz CT molecular complexity index is 1130. The van der Waals surface area contributed by atoms with Crippen LogP contribution in [0.3, 0.4) is 0 Å². The second-order valence-electron chi connectivity index (χ2n) is 7.30. The maximum absolute atomic E-state index is 15.6. The van der Waals surface area contributed by atoms with Gasteiger partial charge in [0.05, 0.1) is 23.3 Å². The fourth-order valence-electron chi connectivity index (χ4n) is 3.43. The summed E-state index contributed by atoms with van der Waals surface area (Å²) in [5.41, 5.74) is 0.643. The van der Waals surface area contributed by atoms with Crippen molar-refractivity contribution in [1.82, 2.24) is 0 Å². The lowest BCUT2D eigenvalue weighted by Gasteiger charge is -2.20. The summed E-state index contributed by atoms with van der Waals surface area (Å²) < 4.78 is 42.0. The number of hydrogen-bond donors (Lipinski definition) is 0. The number of halogens is 3. The van der Waals surface area contributed by atoms with Crippen LogP contribution in [0.25, 0.3) is 11.1 Å². The van der Waals surface area contributed by atoms with E-state index in [2.05, 4.69) is 0 Å². The van der Waals surface area contributed by atoms with Crippen molar-refractivity contribution in [3.05, 3.63) is 76.3 Å². The van der Waals surface area contributed by atoms with E-state index in [4.69, 9.17) is 21.1 Å². The average molecular weight is 456 g/mol. The molecule has 166 valence electrons. The van der Waals surface area contributed by atoms with Gasteiger partial charge in [0.25, 0.3) is 0 Å². The van der Waals surface area contributed by atoms with Gasteiger partial charge < -0.3 is 9.47 Å². The Morgan fingerprint density at radius 3 is 2.38 bits per heavy atom. The Morgan fingerprint density at radius 2 is 1.72 bits per heavy atom. The molecule has 0 radical (unpaired) electrons. The lowest BCUT2D eigenvalue weighted by atomic mass is 9.91. The van der Waals surface area contributed by atoms with Crippen molar-refractivity contribution in [2.24, 2.45) is 0 Å². The molecule has 32 heavy (non-hydrogen) atoms. The second-order valence-corrected chi connectivity index (χ2v) is 7.68. The lowest BCUT2D eigenvalue weighted by Crippen LogP contribution is -2.04. The molecule has 6 heteroatoms. The molecule has 0 aliphatic rings. The molecule has 0 heterocycles. The zero-order chi connectivity index (χ0) is 23.1. The molecule has 0 unspecified atom stereocenters. The summed E-state index contributed by atoms with van der Waals surface area (Å²) in [6.45, 7) is 4.23. The summed E-state index contributed by atoms with van der Waals surface area (Å²) in [4.78, 5) is 0. The molecule has 0 N–H and O–H groups in total. The minimum absolute atomic E-state index is 0.00635. The third kappa shape index (κ3) is 5.03. The quantitative estimate of drug-likeness (QED) is 0.327. The van der Waals surface area contributed by atoms with Gasteiger partial charge >= 0.3 is 0 Å². The van der Waals surface area contributed by atoms with Crippen LogP contribution in [0.2, 0.25) is 5.02 Å². The first-order valence-corrected chi connectivity index (χ1v) is 11.0. The van der Waals surface area contributed by atoms with Gasteiger partial charge in [-0.3, -0.25) is 0 Å². The van der Waals surface area contributed by atoms with E-state index in [0.29, 0.717) is 30.8 Å². The van der Waals surface area contributed by atoms with E-state index in [0.717, 1.165) is 12.8 Å². The number of benzene rings is 3. The number of rotatable bonds is 9. The van der Waals surface area contributed by atoms with E-state index in [1.54, 1.807) is 24.3 Å². The normalized spacial score (nSPS) is 10.6. The molecule has 0 fully saturated rings. The number of hydrogen-bond acceptors (Lipinski definition) is 3. The maximum Gasteiger partial charge on any atom is 0.174 e. The average Bonchev–Trinajstić information content (AvgIpc) is 2.80. The van der Waals surface area contributed by atoms with E-state index in [1.165, 1.54) is 18.2 Å². The number of nitriles is 1. The highest BCUT2D eigenvalue weighted by Gasteiger charge is 2.26. The topological polar surface area (TPSA) is 42.2 Å². The smallest absolute Gasteiger partial charge is 0.174 e. The van der Waals surface area contributed by atoms with E-state index in [9.17, 15) is 9.65 Å². The first-order chi connectivity index (χ1) is 15.5. The minimum atomic E-state index is -0.754. The molecule has 3 nitrogen and oxygen atoms in total. The third-order valence-corrected chi connectivity index (χ3v) is 5.35. The van der Waals surface area contributed by atoms with Gasteiger partial charge in [-0.15, -0.1) is 0 Å². The molecule has 0 bridgehead atoms. The van der Waals surface area contributed by atoms with Gasteiger partial charge in [0.1, 0.15) is 17.3 Å². The maximum atomic E-state index is 15.6. The molecule has 3 aromatic carbocycles. The summed E-state index contributed by atoms with van der Waals surface area (Å²) >= 11 is 6.40. The summed E-state index contributed by atoms with van der Waals surface area (Å²) in [6, 6.07) is 15.0. The van der Waals surface area contributed by atoms with Crippen LogP contribution >= 0.6 is 11.6 Å². The first-order valence-electron chi connectivity index (χ1n) is 10.6. The summed E-state index contributed by atoms with van der Waals surface area (Å²) in [6.07, 6.45) is 2.76. The lowest BCUT2D eigenvalue weighted by molar-refractivity contribution is 0.301. The monoisotopic (exact) mass is 455 g/mol. The van der Waals surface area contributed by atoms with Gasteiger partial charge in [-0.2, -0.15) is 5.26 Å². The van der Waals surface area contributed by atoms with E-state index >= 15 is 4.39 Å². The molecular formula is C26H24ClF2NO2. The highest BCUT2D eigenvalue weighted by molar-refractivity contribution is 6.34. The number of nitrogens with zero attached hydrogens (tertiary/aromatic N) is 1. The van der Waals surface area contributed by atoms with Gasteiger partial charge in [0, 0.05) is 22.8 Å². The van der Waals surface area contributed by atoms with E-state index in [1.807, 2.05) is 26.0 Å². The van der Waals surface area contributed by atoms with Crippen LogP contribution in [0.5, 0.6) is 17.2 Å². The van der Waals surface area contributed by atoms with Crippen molar-refractivity contribution in [2.75, 3.05) is 6.61 Å². The Balaban J connectivity index is 2.28. The third-order valence-electron chi connectivity index (χ3n) is 4.98. The van der Waals surface area contributed by atoms with Crippen molar-refractivity contribution in [2.45, 2.75) is 39.5 Å². The van der Waals surface area contributed by atoms with Crippen molar-refractivity contribution < 1.29 is 18.3 Å². The van der Waals surface area contributed by atoms with Gasteiger partial charge in [-0.1, -0.05) is 50.1 Å². The van der Waals surface area contributed by atoms with Crippen molar-refractivity contribution in [1.29, 1.82) is 5.26 Å². The van der Waals surface area contributed by atoms with Gasteiger partial charge in [0.15, 0.2) is 11.6 Å². The van der Waals surface area contributed by atoms with Crippen LogP contribution in [-0.2, 0) is 6.42 Å². The van der Waals surface area contributed by atoms with Gasteiger partial charge in [-0.05, 0) is 43.5 Å². The molecule has 3 aromatic rings. The van der Waals surface area contributed by atoms with Crippen LogP contribution in [0, 0.1) is 23.0 Å². The zero-order valence-electron chi connectivity index (χ0n) is 18.1. The van der Waals surface area contributed by atoms with Crippen LogP contribution in [-0.4, -0.2) is 6.61 Å². The molecule has 0 aromatic heterocycles. The highest BCUT2D eigenvalue weighted by atomic mass is 35.5. The second kappa shape index (κ2) is 11.0. The van der Waals surface area contributed by atoms with E-state index in [-0.39, 0.29) is 33.2 Å². The van der Waals surface area contributed by atoms with Crippen LogP contribution < -0.4 is 9.47 Å². The largest absolute Gasteiger partial charge is 0.491 e. The predicted octanol–water partition coefficient (Wildman–Crippen LogP) is 8.08. The number of para-hydroxylation sites is 1. The van der Waals surface area contributed by atoms with Crippen LogP contribution in [0.1, 0.15) is 44.2 Å². The molecule has 0 saturated heterocycles. The molecule has 0 amide bonds. The zero-order valence-corrected chi connectivity index (χ0v) is 18.8. The molecule has 0 spiro atoms. The summed E-state index contributed by atoms with van der Waals surface area (Å²) in [5, 5.41) is 9.43. The Morgan fingerprint density at radius 1 is 0.969 bits per heavy atom. The fraction of sp³-hybridized carbons (Fsp3) is 0.269. The SMILES string of the molecule is CCCCc1c(Oc2ccccc2)cc(F)c(Cl)c1-c1c(C#N)ccc(OCCC)c1F. The fourth-order valence-corrected chi connectivity index (χ4v) is 3.69. The van der Waals surface area contributed by atoms with Gasteiger partial charge in [0.2, 0.25) is 0 Å². The van der Waals surface area contributed by atoms with E-state index < -0.39 is 11.6 Å². The predicted molar refractivity (Wildman–Crippen MR) is 122 cm³/mol. The molecular weight excluding hydrogens is 432 g/mol.